The number of nitrogens with one attached hydrogen (secondary N) is 1. The van der Waals surface area contributed by atoms with E-state index >= 15 is 0 Å². The number of anilines is 1. The zero-order valence-electron chi connectivity index (χ0n) is 15.7. The van der Waals surface area contributed by atoms with Gasteiger partial charge in [-0.3, -0.25) is 4.79 Å². The van der Waals surface area contributed by atoms with Gasteiger partial charge in [0.15, 0.2) is 0 Å². The second-order valence-corrected chi connectivity index (χ2v) is 8.56. The van der Waals surface area contributed by atoms with Gasteiger partial charge in [-0.2, -0.15) is 0 Å². The molecule has 0 radical (unpaired) electrons. The molecule has 148 valence electrons. The Labute approximate surface area is 178 Å². The normalized spacial score (nSPS) is 21.1. The van der Waals surface area contributed by atoms with Gasteiger partial charge in [0.1, 0.15) is 11.2 Å². The van der Waals surface area contributed by atoms with E-state index in [2.05, 4.69) is 5.32 Å². The van der Waals surface area contributed by atoms with E-state index < -0.39 is 0 Å². The molecule has 1 amide bonds. The van der Waals surface area contributed by atoms with Crippen molar-refractivity contribution in [1.29, 1.82) is 0 Å². The van der Waals surface area contributed by atoms with Crippen LogP contribution in [0.2, 0.25) is 5.02 Å². The fourth-order valence-electron chi connectivity index (χ4n) is 3.86. The quantitative estimate of drug-likeness (QED) is 0.623. The van der Waals surface area contributed by atoms with Gasteiger partial charge in [-0.05, 0) is 37.1 Å². The highest BCUT2D eigenvalue weighted by atomic mass is 35.5. The van der Waals surface area contributed by atoms with Crippen LogP contribution in [-0.4, -0.2) is 35.0 Å². The summed E-state index contributed by atoms with van der Waals surface area (Å²) >= 11 is 7.57. The van der Waals surface area contributed by atoms with Crippen LogP contribution in [0.15, 0.2) is 53.9 Å². The molecule has 2 aliphatic heterocycles. The lowest BCUT2D eigenvalue weighted by atomic mass is 10.1. The Morgan fingerprint density at radius 1 is 1.21 bits per heavy atom. The highest BCUT2D eigenvalue weighted by Crippen LogP contribution is 2.36. The summed E-state index contributed by atoms with van der Waals surface area (Å²) in [5.74, 6) is 0.0147. The van der Waals surface area contributed by atoms with Crippen LogP contribution in [0.4, 0.5) is 5.69 Å². The lowest BCUT2D eigenvalue weighted by Gasteiger charge is -2.38. The number of hydrogen-bond acceptors (Lipinski definition) is 5. The maximum Gasteiger partial charge on any atom is 0.257 e. The molecule has 3 aromatic rings. The van der Waals surface area contributed by atoms with Crippen LogP contribution in [0.25, 0.3) is 10.6 Å². The van der Waals surface area contributed by atoms with E-state index in [9.17, 15) is 4.79 Å². The van der Waals surface area contributed by atoms with Crippen molar-refractivity contribution >= 4 is 34.5 Å². The molecule has 0 bridgehead atoms. The molecule has 1 aromatic heterocycles. The lowest BCUT2D eigenvalue weighted by Crippen LogP contribution is -2.46. The molecule has 1 N–H and O–H groups in total. The number of amides is 1. The number of fused-ring (bicyclic) bond motifs is 1. The molecule has 1 saturated heterocycles. The molecule has 0 spiro atoms. The predicted octanol–water partition coefficient (Wildman–Crippen LogP) is 5.21. The maximum absolute atomic E-state index is 13.3. The van der Waals surface area contributed by atoms with Gasteiger partial charge in [0, 0.05) is 34.8 Å². The molecule has 2 atom stereocenters. The highest BCUT2D eigenvalue weighted by molar-refractivity contribution is 7.13. The van der Waals surface area contributed by atoms with Gasteiger partial charge in [0.05, 0.1) is 17.4 Å². The second-order valence-electron chi connectivity index (χ2n) is 7.27. The number of ether oxygens (including phenoxy) is 1. The van der Waals surface area contributed by atoms with Crippen LogP contribution in [0, 0.1) is 0 Å². The second kappa shape index (κ2) is 7.78. The number of hydrogen-bond donors (Lipinski definition) is 1. The van der Waals surface area contributed by atoms with Crippen LogP contribution in [0.3, 0.4) is 0 Å². The zero-order chi connectivity index (χ0) is 19.8. The van der Waals surface area contributed by atoms with Gasteiger partial charge in [-0.15, -0.1) is 11.3 Å². The Kier molecular flexibility index (Phi) is 4.99. The first-order valence-corrected chi connectivity index (χ1v) is 10.9. The third-order valence-corrected chi connectivity index (χ3v) is 6.50. The lowest BCUT2D eigenvalue weighted by molar-refractivity contribution is 0.0423. The first-order chi connectivity index (χ1) is 14.2. The van der Waals surface area contributed by atoms with Crippen LogP contribution in [0.1, 0.15) is 35.1 Å². The molecular formula is C22H20ClN3O2S. The summed E-state index contributed by atoms with van der Waals surface area (Å²) in [6, 6.07) is 15.3. The Morgan fingerprint density at radius 2 is 2.03 bits per heavy atom. The molecule has 5 nitrogen and oxygen atoms in total. The van der Waals surface area contributed by atoms with Gasteiger partial charge in [0.2, 0.25) is 0 Å². The fourth-order valence-corrected chi connectivity index (χ4v) is 4.83. The fraction of sp³-hybridized carbons (Fsp3) is 0.273. The van der Waals surface area contributed by atoms with Gasteiger partial charge < -0.3 is 15.0 Å². The molecule has 0 saturated carbocycles. The molecule has 3 heterocycles. The van der Waals surface area contributed by atoms with Crippen molar-refractivity contribution < 1.29 is 9.53 Å². The van der Waals surface area contributed by atoms with Crippen molar-refractivity contribution in [2.45, 2.75) is 25.1 Å². The minimum absolute atomic E-state index is 0.0147. The van der Waals surface area contributed by atoms with Crippen molar-refractivity contribution in [2.24, 2.45) is 0 Å². The Bertz CT molecular complexity index is 1030. The third-order valence-electron chi connectivity index (χ3n) is 5.34. The molecule has 2 aliphatic rings. The molecular weight excluding hydrogens is 406 g/mol. The number of aromatic nitrogens is 1. The van der Waals surface area contributed by atoms with Crippen molar-refractivity contribution in [1.82, 2.24) is 9.88 Å². The van der Waals surface area contributed by atoms with Gasteiger partial charge in [-0.25, -0.2) is 4.98 Å². The van der Waals surface area contributed by atoms with E-state index in [0.717, 1.165) is 41.4 Å². The average molecular weight is 426 g/mol. The Morgan fingerprint density at radius 3 is 2.83 bits per heavy atom. The monoisotopic (exact) mass is 425 g/mol. The first kappa shape index (κ1) is 18.6. The molecule has 0 unspecified atom stereocenters. The SMILES string of the molecule is O=C1c2ccccc2N[C@@H](c2csc(-c3ccc(Cl)cc3)n2)N1C[C@H]1CCCO1. The summed E-state index contributed by atoms with van der Waals surface area (Å²) < 4.78 is 5.81. The largest absolute Gasteiger partial charge is 0.376 e. The highest BCUT2D eigenvalue weighted by Gasteiger charge is 2.36. The molecule has 7 heteroatoms. The number of rotatable bonds is 4. The number of carbonyl (C=O) groups excluding carboxylic acids is 1. The predicted molar refractivity (Wildman–Crippen MR) is 115 cm³/mol. The van der Waals surface area contributed by atoms with Gasteiger partial charge in [0.25, 0.3) is 5.91 Å². The average Bonchev–Trinajstić information content (AvgIpc) is 3.43. The summed E-state index contributed by atoms with van der Waals surface area (Å²) in [6.07, 6.45) is 1.77. The standard InChI is InChI=1S/C22H20ClN3O2S/c23-15-9-7-14(8-10-15)21-25-19(13-29-21)20-24-18-6-2-1-5-17(18)22(27)26(20)12-16-4-3-11-28-16/h1-2,5-10,13,16,20,24H,3-4,11-12H2/t16-,20-/m1/s1. The molecule has 29 heavy (non-hydrogen) atoms. The molecule has 5 rings (SSSR count). The van der Waals surface area contributed by atoms with E-state index in [0.29, 0.717) is 17.1 Å². The van der Waals surface area contributed by atoms with Crippen molar-refractivity contribution in [3.63, 3.8) is 0 Å². The van der Waals surface area contributed by atoms with E-state index in [-0.39, 0.29) is 18.2 Å². The minimum Gasteiger partial charge on any atom is -0.376 e. The number of para-hydroxylation sites is 1. The summed E-state index contributed by atoms with van der Waals surface area (Å²) in [5, 5.41) is 7.14. The Balaban J connectivity index is 1.49. The van der Waals surface area contributed by atoms with Crippen LogP contribution >= 0.6 is 22.9 Å². The molecule has 1 fully saturated rings. The van der Waals surface area contributed by atoms with E-state index in [1.54, 1.807) is 11.3 Å². The smallest absolute Gasteiger partial charge is 0.257 e. The maximum atomic E-state index is 13.3. The summed E-state index contributed by atoms with van der Waals surface area (Å²) in [5.41, 5.74) is 3.38. The van der Waals surface area contributed by atoms with Crippen molar-refractivity contribution in [3.05, 3.63) is 70.2 Å². The zero-order valence-corrected chi connectivity index (χ0v) is 17.2. The van der Waals surface area contributed by atoms with E-state index in [1.807, 2.05) is 58.8 Å². The Hall–Kier alpha value is -2.41. The third kappa shape index (κ3) is 3.64. The van der Waals surface area contributed by atoms with Crippen LogP contribution < -0.4 is 5.32 Å². The van der Waals surface area contributed by atoms with E-state index in [1.165, 1.54) is 0 Å². The molecule has 2 aromatic carbocycles. The number of halogens is 1. The van der Waals surface area contributed by atoms with Crippen molar-refractivity contribution in [2.75, 3.05) is 18.5 Å². The van der Waals surface area contributed by atoms with Gasteiger partial charge >= 0.3 is 0 Å². The topological polar surface area (TPSA) is 54.5 Å². The van der Waals surface area contributed by atoms with Crippen molar-refractivity contribution in [3.8, 4) is 10.6 Å². The number of benzene rings is 2. The molecule has 0 aliphatic carbocycles. The van der Waals surface area contributed by atoms with Crippen LogP contribution in [0.5, 0.6) is 0 Å². The summed E-state index contributed by atoms with van der Waals surface area (Å²) in [6.45, 7) is 1.32. The minimum atomic E-state index is -0.320. The first-order valence-electron chi connectivity index (χ1n) is 9.68. The summed E-state index contributed by atoms with van der Waals surface area (Å²) in [7, 11) is 0. The number of nitrogens with zero attached hydrogens (tertiary/aromatic N) is 2. The number of carbonyl (C=O) groups is 1. The number of thiazole rings is 1. The van der Waals surface area contributed by atoms with Gasteiger partial charge in [-0.1, -0.05) is 35.9 Å². The van der Waals surface area contributed by atoms with Crippen LogP contribution in [-0.2, 0) is 4.74 Å². The summed E-state index contributed by atoms with van der Waals surface area (Å²) in [4.78, 5) is 20.0. The van der Waals surface area contributed by atoms with E-state index in [4.69, 9.17) is 21.3 Å².